The minimum absolute atomic E-state index is 0.0806. The maximum absolute atomic E-state index is 13.4. The molecule has 0 aromatic heterocycles. The van der Waals surface area contributed by atoms with Gasteiger partial charge in [0.1, 0.15) is 0 Å². The van der Waals surface area contributed by atoms with E-state index in [2.05, 4.69) is 35.3 Å². The number of hydrogen-bond acceptors (Lipinski definition) is 4. The highest BCUT2D eigenvalue weighted by molar-refractivity contribution is 6.05. The first kappa shape index (κ1) is 21.5. The number of amides is 1. The Morgan fingerprint density at radius 1 is 1.00 bits per heavy atom. The summed E-state index contributed by atoms with van der Waals surface area (Å²) in [5.74, 6) is -1.02. The molecule has 2 fully saturated rings. The number of carbonyl (C=O) groups excluding carboxylic acids is 1. The second-order valence-electron chi connectivity index (χ2n) is 9.57. The monoisotopic (exact) mass is 443 g/mol. The fourth-order valence-electron chi connectivity index (χ4n) is 4.83. The standard InChI is InChI=1S/C27H29N3O3/c1-17-10-11-18(30-15-19(16-30)29(2)3)14-23(17)25(31)28-27(12-13-27)24-9-5-6-20-21(24)7-4-8-22(20)26(32)33/h4-11,14,19H,12-13,15-16H2,1-3H3,(H,28,31)(H,32,33). The van der Waals surface area contributed by atoms with Crippen LogP contribution in [0.5, 0.6) is 0 Å². The van der Waals surface area contributed by atoms with Gasteiger partial charge in [0.05, 0.1) is 11.1 Å². The number of nitrogens with zero attached hydrogens (tertiary/aromatic N) is 2. The quantitative estimate of drug-likeness (QED) is 0.602. The van der Waals surface area contributed by atoms with E-state index < -0.39 is 11.5 Å². The van der Waals surface area contributed by atoms with Crippen molar-refractivity contribution >= 4 is 28.3 Å². The van der Waals surface area contributed by atoms with E-state index in [1.807, 2.05) is 43.3 Å². The maximum atomic E-state index is 13.4. The zero-order chi connectivity index (χ0) is 23.3. The first-order valence-electron chi connectivity index (χ1n) is 11.4. The van der Waals surface area contributed by atoms with E-state index in [1.54, 1.807) is 12.1 Å². The number of hydrogen-bond donors (Lipinski definition) is 2. The van der Waals surface area contributed by atoms with Crippen LogP contribution < -0.4 is 10.2 Å². The molecule has 3 aromatic rings. The van der Waals surface area contributed by atoms with Crippen molar-refractivity contribution in [2.75, 3.05) is 32.1 Å². The number of rotatable bonds is 6. The fourth-order valence-corrected chi connectivity index (χ4v) is 4.83. The Balaban J connectivity index is 1.43. The van der Waals surface area contributed by atoms with Crippen molar-refractivity contribution in [3.05, 3.63) is 76.9 Å². The Kier molecular flexibility index (Phi) is 5.13. The summed E-state index contributed by atoms with van der Waals surface area (Å²) in [6.45, 7) is 3.89. The lowest BCUT2D eigenvalue weighted by atomic mass is 9.94. The third-order valence-corrected chi connectivity index (χ3v) is 7.19. The van der Waals surface area contributed by atoms with Gasteiger partial charge in [-0.3, -0.25) is 4.79 Å². The maximum Gasteiger partial charge on any atom is 0.336 e. The Bertz CT molecular complexity index is 1260. The van der Waals surface area contributed by atoms with Gasteiger partial charge >= 0.3 is 5.97 Å². The Morgan fingerprint density at radius 3 is 2.36 bits per heavy atom. The Hall–Kier alpha value is -3.38. The molecule has 6 nitrogen and oxygen atoms in total. The summed E-state index contributed by atoms with van der Waals surface area (Å²) in [6, 6.07) is 17.7. The number of benzene rings is 3. The van der Waals surface area contributed by atoms with Crippen LogP contribution in [0.3, 0.4) is 0 Å². The zero-order valence-corrected chi connectivity index (χ0v) is 19.3. The van der Waals surface area contributed by atoms with Crippen molar-refractivity contribution in [1.29, 1.82) is 0 Å². The smallest absolute Gasteiger partial charge is 0.336 e. The molecule has 3 aromatic carbocycles. The average molecular weight is 444 g/mol. The average Bonchev–Trinajstić information content (AvgIpc) is 3.52. The molecule has 2 N–H and O–H groups in total. The van der Waals surface area contributed by atoms with Crippen molar-refractivity contribution < 1.29 is 14.7 Å². The SMILES string of the molecule is Cc1ccc(N2CC(N(C)C)C2)cc1C(=O)NC1(c2cccc3c(C(=O)O)cccc23)CC1. The molecular weight excluding hydrogens is 414 g/mol. The van der Waals surface area contributed by atoms with Crippen molar-refractivity contribution in [3.63, 3.8) is 0 Å². The van der Waals surface area contributed by atoms with Crippen LogP contribution in [-0.4, -0.2) is 55.1 Å². The van der Waals surface area contributed by atoms with Gasteiger partial charge in [-0.15, -0.1) is 0 Å². The molecule has 0 radical (unpaired) electrons. The number of carboxylic acids is 1. The highest BCUT2D eigenvalue weighted by atomic mass is 16.4. The molecule has 1 saturated heterocycles. The van der Waals surface area contributed by atoms with Crippen molar-refractivity contribution in [2.45, 2.75) is 31.3 Å². The molecule has 1 saturated carbocycles. The lowest BCUT2D eigenvalue weighted by molar-refractivity contribution is 0.0698. The second-order valence-corrected chi connectivity index (χ2v) is 9.57. The molecule has 33 heavy (non-hydrogen) atoms. The van der Waals surface area contributed by atoms with Crippen LogP contribution in [-0.2, 0) is 5.54 Å². The topological polar surface area (TPSA) is 72.9 Å². The van der Waals surface area contributed by atoms with E-state index in [1.165, 1.54) is 0 Å². The second kappa shape index (κ2) is 7.89. The van der Waals surface area contributed by atoms with E-state index in [9.17, 15) is 14.7 Å². The summed E-state index contributed by atoms with van der Waals surface area (Å²) >= 11 is 0. The van der Waals surface area contributed by atoms with Crippen LogP contribution in [0.25, 0.3) is 10.8 Å². The molecule has 6 heteroatoms. The summed E-state index contributed by atoms with van der Waals surface area (Å²) in [7, 11) is 4.19. The summed E-state index contributed by atoms with van der Waals surface area (Å²) in [4.78, 5) is 29.6. The molecule has 5 rings (SSSR count). The highest BCUT2D eigenvalue weighted by Gasteiger charge is 2.47. The number of fused-ring (bicyclic) bond motifs is 1. The van der Waals surface area contributed by atoms with Gasteiger partial charge in [0.2, 0.25) is 0 Å². The number of carboxylic acid groups (broad SMARTS) is 1. The highest BCUT2D eigenvalue weighted by Crippen LogP contribution is 2.48. The van der Waals surface area contributed by atoms with Gasteiger partial charge in [0.15, 0.2) is 0 Å². The number of likely N-dealkylation sites (N-methyl/N-ethyl adjacent to an activating group) is 1. The van der Waals surface area contributed by atoms with E-state index in [0.29, 0.717) is 17.0 Å². The van der Waals surface area contributed by atoms with Gasteiger partial charge < -0.3 is 20.2 Å². The number of anilines is 1. The molecule has 1 heterocycles. The van der Waals surface area contributed by atoms with Crippen molar-refractivity contribution in [3.8, 4) is 0 Å². The molecule has 2 aliphatic rings. The largest absolute Gasteiger partial charge is 0.478 e. The van der Waals surface area contributed by atoms with E-state index in [0.717, 1.165) is 48.1 Å². The van der Waals surface area contributed by atoms with E-state index in [4.69, 9.17) is 0 Å². The Morgan fingerprint density at radius 2 is 1.70 bits per heavy atom. The van der Waals surface area contributed by atoms with Crippen LogP contribution in [0.4, 0.5) is 5.69 Å². The lowest BCUT2D eigenvalue weighted by Crippen LogP contribution is -2.57. The molecule has 1 amide bonds. The first-order valence-corrected chi connectivity index (χ1v) is 11.4. The van der Waals surface area contributed by atoms with Gasteiger partial charge in [-0.25, -0.2) is 4.79 Å². The fraction of sp³-hybridized carbons (Fsp3) is 0.333. The molecular formula is C27H29N3O3. The Labute approximate surface area is 193 Å². The van der Waals surface area contributed by atoms with Crippen LogP contribution >= 0.6 is 0 Å². The van der Waals surface area contributed by atoms with E-state index in [-0.39, 0.29) is 11.5 Å². The zero-order valence-electron chi connectivity index (χ0n) is 19.3. The minimum Gasteiger partial charge on any atom is -0.478 e. The molecule has 1 aliphatic heterocycles. The molecule has 0 unspecified atom stereocenters. The predicted molar refractivity (Wildman–Crippen MR) is 130 cm³/mol. The lowest BCUT2D eigenvalue weighted by Gasteiger charge is -2.44. The molecule has 170 valence electrons. The van der Waals surface area contributed by atoms with Crippen LogP contribution in [0.2, 0.25) is 0 Å². The summed E-state index contributed by atoms with van der Waals surface area (Å²) < 4.78 is 0. The molecule has 0 bridgehead atoms. The van der Waals surface area contributed by atoms with Gasteiger partial charge in [0, 0.05) is 30.4 Å². The van der Waals surface area contributed by atoms with Gasteiger partial charge in [-0.05, 0) is 74.0 Å². The van der Waals surface area contributed by atoms with Crippen LogP contribution in [0, 0.1) is 6.92 Å². The molecule has 0 spiro atoms. The predicted octanol–water partition coefficient (Wildman–Crippen LogP) is 4.02. The summed E-state index contributed by atoms with van der Waals surface area (Å²) in [5.41, 5.74) is 3.53. The van der Waals surface area contributed by atoms with Crippen LogP contribution in [0.1, 0.15) is 44.7 Å². The van der Waals surface area contributed by atoms with Crippen LogP contribution in [0.15, 0.2) is 54.6 Å². The molecule has 0 atom stereocenters. The normalized spacial score (nSPS) is 17.2. The van der Waals surface area contributed by atoms with E-state index >= 15 is 0 Å². The number of carbonyl (C=O) groups is 2. The summed E-state index contributed by atoms with van der Waals surface area (Å²) in [5, 5.41) is 14.5. The van der Waals surface area contributed by atoms with Gasteiger partial charge in [0.25, 0.3) is 5.91 Å². The van der Waals surface area contributed by atoms with Crippen molar-refractivity contribution in [2.24, 2.45) is 0 Å². The minimum atomic E-state index is -0.943. The number of aromatic carboxylic acids is 1. The number of aryl methyl sites for hydroxylation is 1. The van der Waals surface area contributed by atoms with Gasteiger partial charge in [-0.1, -0.05) is 36.4 Å². The third kappa shape index (κ3) is 3.74. The van der Waals surface area contributed by atoms with Gasteiger partial charge in [-0.2, -0.15) is 0 Å². The summed E-state index contributed by atoms with van der Waals surface area (Å²) in [6.07, 6.45) is 1.68. The third-order valence-electron chi connectivity index (χ3n) is 7.19. The van der Waals surface area contributed by atoms with Crippen molar-refractivity contribution in [1.82, 2.24) is 10.2 Å². The first-order chi connectivity index (χ1) is 15.8. The number of nitrogens with one attached hydrogen (secondary N) is 1. The molecule has 1 aliphatic carbocycles.